The van der Waals surface area contributed by atoms with Gasteiger partial charge < -0.3 is 15.3 Å². The van der Waals surface area contributed by atoms with Crippen molar-refractivity contribution in [3.63, 3.8) is 0 Å². The maximum atomic E-state index is 13.0. The van der Waals surface area contributed by atoms with Crippen LogP contribution < -0.4 is 11.0 Å². The van der Waals surface area contributed by atoms with Gasteiger partial charge in [0.2, 0.25) is 0 Å². The van der Waals surface area contributed by atoms with Crippen molar-refractivity contribution in [2.24, 2.45) is 5.92 Å². The van der Waals surface area contributed by atoms with Gasteiger partial charge in [-0.15, -0.1) is 0 Å². The minimum absolute atomic E-state index is 0.223. The average molecular weight is 449 g/mol. The minimum Gasteiger partial charge on any atom is -0.388 e. The molecule has 3 aromatic rings. The monoisotopic (exact) mass is 448 g/mol. The molecule has 1 saturated heterocycles. The third kappa shape index (κ3) is 4.75. The van der Waals surface area contributed by atoms with E-state index in [1.54, 1.807) is 4.57 Å². The molecule has 1 unspecified atom stereocenters. The van der Waals surface area contributed by atoms with Crippen LogP contribution >= 0.6 is 0 Å². The van der Waals surface area contributed by atoms with Gasteiger partial charge >= 0.3 is 11.7 Å². The second-order valence-corrected chi connectivity index (χ2v) is 9.39. The fraction of sp³-hybridized carbons (Fsp3) is 0.462. The number of nitrogens with zero attached hydrogens (tertiary/aromatic N) is 3. The minimum atomic E-state index is -0.431. The smallest absolute Gasteiger partial charge is 0.337 e. The van der Waals surface area contributed by atoms with E-state index in [2.05, 4.69) is 10.2 Å². The Kier molecular flexibility index (Phi) is 6.33. The highest BCUT2D eigenvalue weighted by molar-refractivity contribution is 5.89. The lowest BCUT2D eigenvalue weighted by Crippen LogP contribution is -2.42. The first-order chi connectivity index (χ1) is 16.1. The third-order valence-corrected chi connectivity index (χ3v) is 7.05. The molecule has 0 spiro atoms. The van der Waals surface area contributed by atoms with Crippen molar-refractivity contribution in [3.05, 3.63) is 70.6 Å². The van der Waals surface area contributed by atoms with Crippen LogP contribution in [0.25, 0.3) is 11.0 Å². The van der Waals surface area contributed by atoms with Gasteiger partial charge in [0.25, 0.3) is 0 Å². The molecule has 2 N–H and O–H groups in total. The van der Waals surface area contributed by atoms with Crippen molar-refractivity contribution in [1.82, 2.24) is 19.4 Å². The molecule has 1 aromatic heterocycles. The summed E-state index contributed by atoms with van der Waals surface area (Å²) < 4.78 is 3.07. The normalized spacial score (nSPS) is 18.5. The van der Waals surface area contributed by atoms with Crippen molar-refractivity contribution in [3.8, 4) is 0 Å². The molecule has 2 heterocycles. The molecule has 2 aliphatic rings. The topological polar surface area (TPSA) is 79.5 Å². The molecule has 0 bridgehead atoms. The van der Waals surface area contributed by atoms with Crippen molar-refractivity contribution < 1.29 is 9.90 Å². The van der Waals surface area contributed by atoms with Crippen LogP contribution in [0.3, 0.4) is 0 Å². The first-order valence-corrected chi connectivity index (χ1v) is 12.1. The number of imidazole rings is 1. The molecule has 1 aliphatic carbocycles. The number of piperidine rings is 1. The summed E-state index contributed by atoms with van der Waals surface area (Å²) in [4.78, 5) is 28.3. The molecule has 2 aromatic carbocycles. The number of likely N-dealkylation sites (tertiary alicyclic amines) is 1. The van der Waals surface area contributed by atoms with E-state index < -0.39 is 6.10 Å². The summed E-state index contributed by atoms with van der Waals surface area (Å²) in [7, 11) is 0. The third-order valence-electron chi connectivity index (χ3n) is 7.05. The van der Waals surface area contributed by atoms with E-state index in [1.165, 1.54) is 4.57 Å². The highest BCUT2D eigenvalue weighted by atomic mass is 16.3. The highest BCUT2D eigenvalue weighted by Crippen LogP contribution is 2.36. The number of hydrogen-bond acceptors (Lipinski definition) is 4. The van der Waals surface area contributed by atoms with E-state index in [4.69, 9.17) is 0 Å². The van der Waals surface area contributed by atoms with Gasteiger partial charge in [-0.1, -0.05) is 42.5 Å². The molecule has 1 amide bonds. The lowest BCUT2D eigenvalue weighted by molar-refractivity contribution is 0.123. The predicted molar refractivity (Wildman–Crippen MR) is 128 cm³/mol. The number of aliphatic hydroxyl groups is 1. The first-order valence-electron chi connectivity index (χ1n) is 12.1. The SMILES string of the molecule is O=C(NCC1CCN(CCC(O)c2ccccc2)CC1)n1c(=O)n(C2CC2)c2ccccc21. The van der Waals surface area contributed by atoms with Crippen LogP contribution in [0, 0.1) is 5.92 Å². The van der Waals surface area contributed by atoms with Crippen molar-refractivity contribution in [2.45, 2.75) is 44.2 Å². The van der Waals surface area contributed by atoms with Gasteiger partial charge in [0.15, 0.2) is 0 Å². The summed E-state index contributed by atoms with van der Waals surface area (Å²) in [6.45, 7) is 3.37. The average Bonchev–Trinajstić information content (AvgIpc) is 3.64. The zero-order chi connectivity index (χ0) is 22.8. The van der Waals surface area contributed by atoms with Crippen LogP contribution in [0.15, 0.2) is 59.4 Å². The molecule has 2 fully saturated rings. The Labute approximate surface area is 193 Å². The van der Waals surface area contributed by atoms with Gasteiger partial charge in [0.05, 0.1) is 17.1 Å². The number of fused-ring (bicyclic) bond motifs is 1. The molecule has 7 heteroatoms. The standard InChI is InChI=1S/C26H32N4O3/c31-24(20-6-2-1-3-7-20)14-17-28-15-12-19(13-16-28)18-27-25(32)30-23-9-5-4-8-22(23)29(26(30)33)21-10-11-21/h1-9,19,21,24,31H,10-18H2,(H,27,32). The number of amides is 1. The Bertz CT molecular complexity index is 1160. The van der Waals surface area contributed by atoms with Crippen molar-refractivity contribution in [1.29, 1.82) is 0 Å². The molecule has 0 radical (unpaired) electrons. The van der Waals surface area contributed by atoms with Gasteiger partial charge in [0.1, 0.15) is 0 Å². The molecule has 7 nitrogen and oxygen atoms in total. The quantitative estimate of drug-likeness (QED) is 0.580. The number of rotatable bonds is 7. The summed E-state index contributed by atoms with van der Waals surface area (Å²) in [5, 5.41) is 13.4. The maximum absolute atomic E-state index is 13.0. The Morgan fingerprint density at radius 2 is 1.64 bits per heavy atom. The Morgan fingerprint density at radius 1 is 0.970 bits per heavy atom. The van der Waals surface area contributed by atoms with Crippen LogP contribution in [0.5, 0.6) is 0 Å². The number of aromatic nitrogens is 2. The number of para-hydroxylation sites is 2. The molecular formula is C26H32N4O3. The fourth-order valence-electron chi connectivity index (χ4n) is 4.92. The first kappa shape index (κ1) is 21.9. The second kappa shape index (κ2) is 9.53. The molecule has 33 heavy (non-hydrogen) atoms. The van der Waals surface area contributed by atoms with Crippen LogP contribution in [0.4, 0.5) is 4.79 Å². The van der Waals surface area contributed by atoms with Gasteiger partial charge in [-0.25, -0.2) is 14.2 Å². The van der Waals surface area contributed by atoms with E-state index in [0.29, 0.717) is 18.0 Å². The van der Waals surface area contributed by atoms with Gasteiger partial charge in [-0.05, 0) is 68.8 Å². The summed E-state index contributed by atoms with van der Waals surface area (Å²) in [5.41, 5.74) is 2.25. The van der Waals surface area contributed by atoms with Crippen LogP contribution in [0.1, 0.15) is 49.8 Å². The van der Waals surface area contributed by atoms with Crippen LogP contribution in [-0.4, -0.2) is 51.4 Å². The van der Waals surface area contributed by atoms with E-state index >= 15 is 0 Å². The Hall–Kier alpha value is -2.90. The van der Waals surface area contributed by atoms with Gasteiger partial charge in [-0.3, -0.25) is 4.57 Å². The number of benzene rings is 2. The summed E-state index contributed by atoms with van der Waals surface area (Å²) in [6.07, 6.45) is 4.28. The summed E-state index contributed by atoms with van der Waals surface area (Å²) >= 11 is 0. The molecule has 174 valence electrons. The zero-order valence-corrected chi connectivity index (χ0v) is 18.9. The van der Waals surface area contributed by atoms with Crippen LogP contribution in [0.2, 0.25) is 0 Å². The van der Waals surface area contributed by atoms with Crippen molar-refractivity contribution in [2.75, 3.05) is 26.2 Å². The molecule has 1 atom stereocenters. The van der Waals surface area contributed by atoms with E-state index in [0.717, 1.165) is 62.8 Å². The molecular weight excluding hydrogens is 416 g/mol. The lowest BCUT2D eigenvalue weighted by Gasteiger charge is -2.32. The number of aliphatic hydroxyl groups excluding tert-OH is 1. The largest absolute Gasteiger partial charge is 0.388 e. The number of carbonyl (C=O) groups is 1. The van der Waals surface area contributed by atoms with Crippen molar-refractivity contribution >= 4 is 17.1 Å². The second-order valence-electron chi connectivity index (χ2n) is 9.39. The van der Waals surface area contributed by atoms with E-state index in [-0.39, 0.29) is 17.8 Å². The lowest BCUT2D eigenvalue weighted by atomic mass is 9.96. The predicted octanol–water partition coefficient (Wildman–Crippen LogP) is 3.53. The van der Waals surface area contributed by atoms with E-state index in [1.807, 2.05) is 54.6 Å². The molecule has 1 aliphatic heterocycles. The molecule has 1 saturated carbocycles. The maximum Gasteiger partial charge on any atom is 0.337 e. The van der Waals surface area contributed by atoms with E-state index in [9.17, 15) is 14.7 Å². The Morgan fingerprint density at radius 3 is 2.33 bits per heavy atom. The number of carbonyl (C=O) groups excluding carboxylic acids is 1. The summed E-state index contributed by atoms with van der Waals surface area (Å²) in [5.74, 6) is 0.400. The van der Waals surface area contributed by atoms with Gasteiger partial charge in [-0.2, -0.15) is 0 Å². The fourth-order valence-corrected chi connectivity index (χ4v) is 4.92. The number of nitrogens with one attached hydrogen (secondary N) is 1. The number of hydrogen-bond donors (Lipinski definition) is 2. The zero-order valence-electron chi connectivity index (χ0n) is 18.9. The summed E-state index contributed by atoms with van der Waals surface area (Å²) in [6, 6.07) is 17.2. The van der Waals surface area contributed by atoms with Crippen LogP contribution in [-0.2, 0) is 0 Å². The highest BCUT2D eigenvalue weighted by Gasteiger charge is 2.30. The Balaban J connectivity index is 1.13. The molecule has 5 rings (SSSR count). The van der Waals surface area contributed by atoms with Gasteiger partial charge in [0, 0.05) is 19.1 Å².